The van der Waals surface area contributed by atoms with Gasteiger partial charge in [-0.3, -0.25) is 4.98 Å². The van der Waals surface area contributed by atoms with E-state index in [1.807, 2.05) is 13.0 Å². The Morgan fingerprint density at radius 1 is 1.27 bits per heavy atom. The van der Waals surface area contributed by atoms with Crippen LogP contribution in [0.25, 0.3) is 10.8 Å². The topological polar surface area (TPSA) is 62.3 Å². The van der Waals surface area contributed by atoms with Gasteiger partial charge in [-0.05, 0) is 19.1 Å². The maximum absolute atomic E-state index is 12.9. The van der Waals surface area contributed by atoms with E-state index >= 15 is 0 Å². The first kappa shape index (κ1) is 19.1. The van der Waals surface area contributed by atoms with Gasteiger partial charge in [0.2, 0.25) is 10.0 Å². The third kappa shape index (κ3) is 3.36. The Bertz CT molecular complexity index is 734. The van der Waals surface area contributed by atoms with Gasteiger partial charge >= 0.3 is 0 Å². The lowest BCUT2D eigenvalue weighted by molar-refractivity contribution is -0.001000. The van der Waals surface area contributed by atoms with Crippen molar-refractivity contribution in [1.82, 2.24) is 14.6 Å². The first-order valence-corrected chi connectivity index (χ1v) is 8.10. The maximum atomic E-state index is 12.9. The van der Waals surface area contributed by atoms with E-state index in [1.54, 1.807) is 34.9 Å². The van der Waals surface area contributed by atoms with Gasteiger partial charge in [-0.15, -0.1) is 0 Å². The Balaban J connectivity index is 0.00000121. The van der Waals surface area contributed by atoms with Crippen LogP contribution in [0.4, 0.5) is 0 Å². The number of aromatic nitrogens is 1. The molecule has 122 valence electrons. The van der Waals surface area contributed by atoms with E-state index in [0.29, 0.717) is 24.5 Å². The van der Waals surface area contributed by atoms with Crippen molar-refractivity contribution in [1.29, 1.82) is 0 Å². The quantitative estimate of drug-likeness (QED) is 0.583. The molecule has 1 saturated heterocycles. The second-order valence-electron chi connectivity index (χ2n) is 5.02. The van der Waals surface area contributed by atoms with Gasteiger partial charge in [-0.25, -0.2) is 8.42 Å². The molecule has 1 N–H and O–H groups in total. The van der Waals surface area contributed by atoms with Crippen molar-refractivity contribution in [3.63, 3.8) is 0 Å². The summed E-state index contributed by atoms with van der Waals surface area (Å²) < 4.78 is 27.4. The van der Waals surface area contributed by atoms with Crippen LogP contribution in [0.2, 0.25) is 0 Å². The lowest BCUT2D eigenvalue weighted by Crippen LogP contribution is -3.00. The van der Waals surface area contributed by atoms with Gasteiger partial charge in [-0.1, -0.05) is 12.1 Å². The summed E-state index contributed by atoms with van der Waals surface area (Å²) in [5.74, 6) is 0. The van der Waals surface area contributed by atoms with Crippen molar-refractivity contribution in [2.75, 3.05) is 19.6 Å². The van der Waals surface area contributed by atoms with E-state index in [4.69, 9.17) is 0 Å². The molecular formula is C14H17Cl2N3O2S-2. The Morgan fingerprint density at radius 3 is 2.77 bits per heavy atom. The van der Waals surface area contributed by atoms with Gasteiger partial charge in [0.05, 0.1) is 4.90 Å². The van der Waals surface area contributed by atoms with E-state index in [-0.39, 0.29) is 30.9 Å². The molecular weight excluding hydrogens is 345 g/mol. The van der Waals surface area contributed by atoms with Crippen LogP contribution in [-0.2, 0) is 10.0 Å². The highest BCUT2D eigenvalue weighted by molar-refractivity contribution is 7.89. The number of hydrogen-bond donors (Lipinski definition) is 1. The molecule has 0 saturated carbocycles. The minimum atomic E-state index is -3.47. The summed E-state index contributed by atoms with van der Waals surface area (Å²) in [6, 6.07) is 7.04. The normalized spacial score (nSPS) is 19.2. The second-order valence-corrected chi connectivity index (χ2v) is 6.88. The largest absolute Gasteiger partial charge is 1.00 e. The molecule has 1 aliphatic heterocycles. The molecule has 3 rings (SSSR count). The molecule has 0 amide bonds. The smallest absolute Gasteiger partial charge is 0.244 e. The monoisotopic (exact) mass is 361 g/mol. The highest BCUT2D eigenvalue weighted by Gasteiger charge is 2.31. The average Bonchev–Trinajstić information content (AvgIpc) is 2.47. The summed E-state index contributed by atoms with van der Waals surface area (Å²) >= 11 is 0. The molecule has 2 heterocycles. The van der Waals surface area contributed by atoms with E-state index in [2.05, 4.69) is 10.3 Å². The average molecular weight is 362 g/mol. The summed E-state index contributed by atoms with van der Waals surface area (Å²) in [7, 11) is -3.47. The number of nitrogens with zero attached hydrogens (tertiary/aromatic N) is 2. The zero-order chi connectivity index (χ0) is 14.2. The molecule has 5 nitrogen and oxygen atoms in total. The standard InChI is InChI=1S/C14H17N3O2S.2ClH/c1-11-9-16-7-8-17(11)20(18,19)14-4-2-3-12-10-15-6-5-13(12)14;;/h2-6,10-11,16H,7-9H2,1H3;2*1H/p-2. The second kappa shape index (κ2) is 7.57. The molecule has 1 fully saturated rings. The van der Waals surface area contributed by atoms with Crippen LogP contribution in [0.15, 0.2) is 41.6 Å². The molecule has 1 atom stereocenters. The highest BCUT2D eigenvalue weighted by atomic mass is 35.5. The van der Waals surface area contributed by atoms with Gasteiger partial charge in [0.25, 0.3) is 0 Å². The molecule has 1 aromatic carbocycles. The van der Waals surface area contributed by atoms with Gasteiger partial charge in [-0.2, -0.15) is 4.31 Å². The zero-order valence-electron chi connectivity index (χ0n) is 12.0. The molecule has 1 unspecified atom stereocenters. The minimum Gasteiger partial charge on any atom is -1.00 e. The van der Waals surface area contributed by atoms with Crippen molar-refractivity contribution >= 4 is 20.8 Å². The molecule has 0 aliphatic carbocycles. The highest BCUT2D eigenvalue weighted by Crippen LogP contribution is 2.26. The van der Waals surface area contributed by atoms with Crippen LogP contribution >= 0.6 is 0 Å². The molecule has 0 radical (unpaired) electrons. The Kier molecular flexibility index (Phi) is 6.58. The first-order chi connectivity index (χ1) is 9.60. The minimum absolute atomic E-state index is 0. The molecule has 1 aromatic heterocycles. The fourth-order valence-electron chi connectivity index (χ4n) is 2.62. The molecule has 8 heteroatoms. The summed E-state index contributed by atoms with van der Waals surface area (Å²) in [6.07, 6.45) is 3.32. The van der Waals surface area contributed by atoms with Crippen LogP contribution in [0, 0.1) is 0 Å². The number of piperazine rings is 1. The Morgan fingerprint density at radius 2 is 2.05 bits per heavy atom. The fraction of sp³-hybridized carbons (Fsp3) is 0.357. The number of sulfonamides is 1. The third-order valence-corrected chi connectivity index (χ3v) is 5.74. The molecule has 0 bridgehead atoms. The van der Waals surface area contributed by atoms with Crippen molar-refractivity contribution in [2.24, 2.45) is 0 Å². The zero-order valence-corrected chi connectivity index (χ0v) is 14.4. The van der Waals surface area contributed by atoms with E-state index in [0.717, 1.165) is 10.8 Å². The van der Waals surface area contributed by atoms with E-state index < -0.39 is 10.0 Å². The van der Waals surface area contributed by atoms with Crippen LogP contribution in [-0.4, -0.2) is 43.4 Å². The number of benzene rings is 1. The van der Waals surface area contributed by atoms with Crippen LogP contribution in [0.5, 0.6) is 0 Å². The lowest BCUT2D eigenvalue weighted by Gasteiger charge is -2.33. The maximum Gasteiger partial charge on any atom is 0.244 e. The van der Waals surface area contributed by atoms with Crippen molar-refractivity contribution in [2.45, 2.75) is 17.9 Å². The predicted molar refractivity (Wildman–Crippen MR) is 78.0 cm³/mol. The van der Waals surface area contributed by atoms with Gasteiger partial charge in [0.15, 0.2) is 0 Å². The third-order valence-electron chi connectivity index (χ3n) is 3.67. The number of pyridine rings is 1. The number of rotatable bonds is 2. The first-order valence-electron chi connectivity index (χ1n) is 6.66. The van der Waals surface area contributed by atoms with E-state index in [9.17, 15) is 8.42 Å². The summed E-state index contributed by atoms with van der Waals surface area (Å²) in [4.78, 5) is 4.41. The SMILES string of the molecule is CC1CNCCN1S(=O)(=O)c1cccc2cnccc12.[Cl-].[Cl-]. The molecule has 0 spiro atoms. The summed E-state index contributed by atoms with van der Waals surface area (Å²) in [5.41, 5.74) is 0. The van der Waals surface area contributed by atoms with Crippen molar-refractivity contribution in [3.05, 3.63) is 36.7 Å². The number of nitrogens with one attached hydrogen (secondary N) is 1. The molecule has 1 aliphatic rings. The lowest BCUT2D eigenvalue weighted by atomic mass is 10.2. The fourth-order valence-corrected chi connectivity index (χ4v) is 4.47. The van der Waals surface area contributed by atoms with E-state index in [1.165, 1.54) is 0 Å². The number of fused-ring (bicyclic) bond motifs is 1. The molecule has 22 heavy (non-hydrogen) atoms. The van der Waals surface area contributed by atoms with Gasteiger partial charge < -0.3 is 30.1 Å². The Labute approximate surface area is 143 Å². The summed E-state index contributed by atoms with van der Waals surface area (Å²) in [5, 5.41) is 4.78. The van der Waals surface area contributed by atoms with Crippen LogP contribution in [0.1, 0.15) is 6.92 Å². The number of hydrogen-bond acceptors (Lipinski definition) is 4. The summed E-state index contributed by atoms with van der Waals surface area (Å²) in [6.45, 7) is 3.81. The van der Waals surface area contributed by atoms with Crippen molar-refractivity contribution in [3.8, 4) is 0 Å². The van der Waals surface area contributed by atoms with Gasteiger partial charge in [0, 0.05) is 48.8 Å². The number of halogens is 2. The predicted octanol–water partition coefficient (Wildman–Crippen LogP) is -4.77. The molecule has 2 aromatic rings. The van der Waals surface area contributed by atoms with Crippen molar-refractivity contribution < 1.29 is 33.2 Å². The van der Waals surface area contributed by atoms with Crippen LogP contribution < -0.4 is 30.1 Å². The van der Waals surface area contributed by atoms with Gasteiger partial charge in [0.1, 0.15) is 0 Å². The Hall–Kier alpha value is -0.920. The van der Waals surface area contributed by atoms with Crippen LogP contribution in [0.3, 0.4) is 0 Å².